The van der Waals surface area contributed by atoms with Crippen molar-refractivity contribution in [3.8, 4) is 0 Å². The molecule has 2 aromatic rings. The lowest BCUT2D eigenvalue weighted by Crippen LogP contribution is -2.16. The highest BCUT2D eigenvalue weighted by Gasteiger charge is 2.12. The van der Waals surface area contributed by atoms with Crippen LogP contribution in [0, 0.1) is 6.92 Å². The SMILES string of the molecule is Cc1ccnc(NC(CO)c2ccccc2)c1Br. The lowest BCUT2D eigenvalue weighted by Gasteiger charge is -2.18. The number of aliphatic hydroxyl groups excluding tert-OH is 1. The van der Waals surface area contributed by atoms with Crippen molar-refractivity contribution in [2.45, 2.75) is 13.0 Å². The monoisotopic (exact) mass is 306 g/mol. The van der Waals surface area contributed by atoms with E-state index in [4.69, 9.17) is 0 Å². The van der Waals surface area contributed by atoms with Gasteiger partial charge in [-0.15, -0.1) is 0 Å². The van der Waals surface area contributed by atoms with Crippen molar-refractivity contribution in [3.63, 3.8) is 0 Å². The van der Waals surface area contributed by atoms with E-state index in [9.17, 15) is 5.11 Å². The summed E-state index contributed by atoms with van der Waals surface area (Å²) in [5.74, 6) is 0.748. The van der Waals surface area contributed by atoms with Gasteiger partial charge in [0.15, 0.2) is 0 Å². The van der Waals surface area contributed by atoms with Gasteiger partial charge in [-0.25, -0.2) is 4.98 Å². The molecular weight excluding hydrogens is 292 g/mol. The van der Waals surface area contributed by atoms with Gasteiger partial charge in [-0.2, -0.15) is 0 Å². The zero-order valence-corrected chi connectivity index (χ0v) is 11.7. The maximum absolute atomic E-state index is 9.50. The van der Waals surface area contributed by atoms with Crippen LogP contribution in [0.1, 0.15) is 17.2 Å². The number of benzene rings is 1. The van der Waals surface area contributed by atoms with Crippen molar-refractivity contribution < 1.29 is 5.11 Å². The number of aliphatic hydroxyl groups is 1. The molecule has 0 aliphatic rings. The molecule has 1 unspecified atom stereocenters. The molecule has 0 aliphatic heterocycles. The Kier molecular flexibility index (Phi) is 4.33. The standard InChI is InChI=1S/C14H15BrN2O/c1-10-7-8-16-14(13(10)15)17-12(9-18)11-5-3-2-4-6-11/h2-8,12,18H,9H2,1H3,(H,16,17). The van der Waals surface area contributed by atoms with Gasteiger partial charge in [0.1, 0.15) is 5.82 Å². The van der Waals surface area contributed by atoms with Crippen molar-refractivity contribution in [2.24, 2.45) is 0 Å². The summed E-state index contributed by atoms with van der Waals surface area (Å²) in [6.07, 6.45) is 1.75. The Hall–Kier alpha value is -1.39. The molecule has 1 aromatic carbocycles. The lowest BCUT2D eigenvalue weighted by atomic mass is 10.1. The van der Waals surface area contributed by atoms with Crippen molar-refractivity contribution in [2.75, 3.05) is 11.9 Å². The van der Waals surface area contributed by atoms with Crippen LogP contribution in [-0.4, -0.2) is 16.7 Å². The van der Waals surface area contributed by atoms with Crippen LogP contribution in [0.5, 0.6) is 0 Å². The number of pyridine rings is 1. The van der Waals surface area contributed by atoms with Crippen LogP contribution >= 0.6 is 15.9 Å². The zero-order chi connectivity index (χ0) is 13.0. The van der Waals surface area contributed by atoms with E-state index in [2.05, 4.69) is 26.2 Å². The van der Waals surface area contributed by atoms with Crippen LogP contribution in [0.15, 0.2) is 47.1 Å². The number of aryl methyl sites for hydroxylation is 1. The maximum Gasteiger partial charge on any atom is 0.141 e. The molecule has 0 bridgehead atoms. The Morgan fingerprint density at radius 1 is 1.28 bits per heavy atom. The van der Waals surface area contributed by atoms with Crippen LogP contribution in [0.4, 0.5) is 5.82 Å². The van der Waals surface area contributed by atoms with E-state index in [0.29, 0.717) is 0 Å². The third kappa shape index (κ3) is 2.89. The van der Waals surface area contributed by atoms with Gasteiger partial charge in [-0.3, -0.25) is 0 Å². The fraction of sp³-hybridized carbons (Fsp3) is 0.214. The molecule has 4 heteroatoms. The van der Waals surface area contributed by atoms with Gasteiger partial charge in [-0.05, 0) is 40.0 Å². The van der Waals surface area contributed by atoms with E-state index in [1.165, 1.54) is 0 Å². The van der Waals surface area contributed by atoms with Crippen LogP contribution in [0.2, 0.25) is 0 Å². The number of aromatic nitrogens is 1. The van der Waals surface area contributed by atoms with Crippen molar-refractivity contribution in [3.05, 3.63) is 58.2 Å². The zero-order valence-electron chi connectivity index (χ0n) is 10.1. The summed E-state index contributed by atoms with van der Waals surface area (Å²) < 4.78 is 0.930. The first-order valence-corrected chi connectivity index (χ1v) is 6.55. The molecule has 94 valence electrons. The molecule has 1 heterocycles. The number of rotatable bonds is 4. The summed E-state index contributed by atoms with van der Waals surface area (Å²) in [4.78, 5) is 4.28. The van der Waals surface area contributed by atoms with Gasteiger partial charge in [0.05, 0.1) is 17.1 Å². The Morgan fingerprint density at radius 3 is 2.67 bits per heavy atom. The average molecular weight is 307 g/mol. The van der Waals surface area contributed by atoms with Crippen LogP contribution in [0.25, 0.3) is 0 Å². The van der Waals surface area contributed by atoms with Gasteiger partial charge in [0.25, 0.3) is 0 Å². The van der Waals surface area contributed by atoms with Crippen molar-refractivity contribution in [1.82, 2.24) is 4.98 Å². The van der Waals surface area contributed by atoms with E-state index in [0.717, 1.165) is 21.4 Å². The minimum absolute atomic E-state index is 0.0199. The summed E-state index contributed by atoms with van der Waals surface area (Å²) in [7, 11) is 0. The van der Waals surface area contributed by atoms with Gasteiger partial charge in [0.2, 0.25) is 0 Å². The highest BCUT2D eigenvalue weighted by molar-refractivity contribution is 9.10. The summed E-state index contributed by atoms with van der Waals surface area (Å²) >= 11 is 3.50. The second-order valence-electron chi connectivity index (χ2n) is 4.08. The Morgan fingerprint density at radius 2 is 2.00 bits per heavy atom. The third-order valence-corrected chi connectivity index (χ3v) is 3.78. The Labute approximate surface area is 115 Å². The number of nitrogens with zero attached hydrogens (tertiary/aromatic N) is 1. The smallest absolute Gasteiger partial charge is 0.141 e. The molecule has 2 rings (SSSR count). The summed E-state index contributed by atoms with van der Waals surface area (Å²) in [5, 5.41) is 12.7. The second-order valence-corrected chi connectivity index (χ2v) is 4.87. The highest BCUT2D eigenvalue weighted by Crippen LogP contribution is 2.26. The van der Waals surface area contributed by atoms with Gasteiger partial charge in [0, 0.05) is 6.20 Å². The molecule has 3 nitrogen and oxygen atoms in total. The highest BCUT2D eigenvalue weighted by atomic mass is 79.9. The van der Waals surface area contributed by atoms with E-state index < -0.39 is 0 Å². The van der Waals surface area contributed by atoms with Crippen LogP contribution in [-0.2, 0) is 0 Å². The van der Waals surface area contributed by atoms with Gasteiger partial charge >= 0.3 is 0 Å². The lowest BCUT2D eigenvalue weighted by molar-refractivity contribution is 0.276. The number of hydrogen-bond donors (Lipinski definition) is 2. The Balaban J connectivity index is 2.24. The minimum Gasteiger partial charge on any atom is -0.394 e. The molecule has 0 fully saturated rings. The van der Waals surface area contributed by atoms with Crippen LogP contribution in [0.3, 0.4) is 0 Å². The fourth-order valence-corrected chi connectivity index (χ4v) is 2.07. The molecule has 0 spiro atoms. The number of halogens is 1. The number of nitrogens with one attached hydrogen (secondary N) is 1. The van der Waals surface area contributed by atoms with E-state index in [1.807, 2.05) is 43.3 Å². The topological polar surface area (TPSA) is 45.2 Å². The maximum atomic E-state index is 9.50. The molecule has 0 saturated carbocycles. The number of hydrogen-bond acceptors (Lipinski definition) is 3. The summed E-state index contributed by atoms with van der Waals surface area (Å²) in [6.45, 7) is 2.03. The quantitative estimate of drug-likeness (QED) is 0.911. The summed E-state index contributed by atoms with van der Waals surface area (Å²) in [6, 6.07) is 11.6. The molecule has 1 aromatic heterocycles. The van der Waals surface area contributed by atoms with Crippen molar-refractivity contribution >= 4 is 21.7 Å². The molecule has 18 heavy (non-hydrogen) atoms. The predicted octanol–water partition coefficient (Wildman–Crippen LogP) is 3.30. The normalized spacial score (nSPS) is 12.2. The second kappa shape index (κ2) is 5.98. The molecule has 0 aliphatic carbocycles. The Bertz CT molecular complexity index is 516. The summed E-state index contributed by atoms with van der Waals surface area (Å²) in [5.41, 5.74) is 2.15. The molecule has 0 amide bonds. The largest absolute Gasteiger partial charge is 0.394 e. The minimum atomic E-state index is -0.156. The molecular formula is C14H15BrN2O. The van der Waals surface area contributed by atoms with E-state index in [1.54, 1.807) is 6.20 Å². The van der Waals surface area contributed by atoms with E-state index >= 15 is 0 Å². The number of anilines is 1. The fourth-order valence-electron chi connectivity index (χ4n) is 1.73. The molecule has 0 radical (unpaired) electrons. The van der Waals surface area contributed by atoms with E-state index in [-0.39, 0.29) is 12.6 Å². The molecule has 1 atom stereocenters. The third-order valence-electron chi connectivity index (χ3n) is 2.78. The van der Waals surface area contributed by atoms with Gasteiger partial charge in [-0.1, -0.05) is 30.3 Å². The van der Waals surface area contributed by atoms with Crippen molar-refractivity contribution in [1.29, 1.82) is 0 Å². The van der Waals surface area contributed by atoms with Gasteiger partial charge < -0.3 is 10.4 Å². The first-order valence-electron chi connectivity index (χ1n) is 5.76. The predicted molar refractivity (Wildman–Crippen MR) is 76.6 cm³/mol. The average Bonchev–Trinajstić information content (AvgIpc) is 2.41. The molecule has 2 N–H and O–H groups in total. The van der Waals surface area contributed by atoms with Crippen LogP contribution < -0.4 is 5.32 Å². The first kappa shape index (κ1) is 13.1. The molecule has 0 saturated heterocycles. The first-order chi connectivity index (χ1) is 8.72.